The number of rotatable bonds is 12. The SMILES string of the molecule is CCC(CN1CCCCC1)NC(=O)Cc1sc(C)nc1-c1ccc(C)cc1.O=C(O)CC(O)(CC(=O)O)C(=O)O. The maximum Gasteiger partial charge on any atom is 0.336 e. The van der Waals surface area contributed by atoms with Gasteiger partial charge in [-0.2, -0.15) is 0 Å². The Bertz CT molecular complexity index is 1140. The zero-order valence-electron chi connectivity index (χ0n) is 23.2. The van der Waals surface area contributed by atoms with Gasteiger partial charge in [0.25, 0.3) is 0 Å². The molecule has 1 aromatic heterocycles. The number of aromatic nitrogens is 1. The summed E-state index contributed by atoms with van der Waals surface area (Å²) in [4.78, 5) is 51.4. The van der Waals surface area contributed by atoms with Gasteiger partial charge in [-0.25, -0.2) is 9.78 Å². The number of carboxylic acid groups (broad SMARTS) is 3. The van der Waals surface area contributed by atoms with Crippen LogP contribution in [0.2, 0.25) is 0 Å². The fourth-order valence-electron chi connectivity index (χ4n) is 4.40. The minimum atomic E-state index is -2.74. The predicted octanol–water partition coefficient (Wildman–Crippen LogP) is 3.10. The maximum atomic E-state index is 12.7. The zero-order chi connectivity index (χ0) is 29.9. The van der Waals surface area contributed by atoms with Crippen molar-refractivity contribution in [3.8, 4) is 11.3 Å². The molecule has 1 saturated heterocycles. The van der Waals surface area contributed by atoms with E-state index < -0.39 is 36.4 Å². The number of aliphatic hydroxyl groups is 1. The number of benzene rings is 1. The van der Waals surface area contributed by atoms with E-state index in [1.165, 1.54) is 24.8 Å². The number of likely N-dealkylation sites (tertiary alicyclic amines) is 1. The third kappa shape index (κ3) is 10.7. The van der Waals surface area contributed by atoms with E-state index in [-0.39, 0.29) is 11.9 Å². The van der Waals surface area contributed by atoms with Gasteiger partial charge in [-0.3, -0.25) is 14.4 Å². The van der Waals surface area contributed by atoms with Crippen molar-refractivity contribution in [1.29, 1.82) is 0 Å². The average molecular weight is 578 g/mol. The minimum absolute atomic E-state index is 0.107. The zero-order valence-corrected chi connectivity index (χ0v) is 24.0. The summed E-state index contributed by atoms with van der Waals surface area (Å²) in [6, 6.07) is 8.61. The smallest absolute Gasteiger partial charge is 0.336 e. The molecule has 0 radical (unpaired) electrons. The molecule has 220 valence electrons. The number of hydrogen-bond acceptors (Lipinski definition) is 8. The van der Waals surface area contributed by atoms with Crippen LogP contribution >= 0.6 is 11.3 Å². The van der Waals surface area contributed by atoms with Gasteiger partial charge in [0, 0.05) is 23.0 Å². The van der Waals surface area contributed by atoms with Gasteiger partial charge >= 0.3 is 17.9 Å². The van der Waals surface area contributed by atoms with E-state index in [1.807, 2.05) is 6.92 Å². The molecule has 2 aromatic rings. The molecule has 1 amide bonds. The summed E-state index contributed by atoms with van der Waals surface area (Å²) < 4.78 is 0. The molecular formula is C28H39N3O8S. The number of aliphatic carboxylic acids is 3. The Kier molecular flexibility index (Phi) is 12.7. The second kappa shape index (κ2) is 15.4. The molecule has 2 heterocycles. The van der Waals surface area contributed by atoms with E-state index in [4.69, 9.17) is 20.4 Å². The quantitative estimate of drug-likeness (QED) is 0.252. The molecule has 3 rings (SSSR count). The third-order valence-electron chi connectivity index (χ3n) is 6.52. The fourth-order valence-corrected chi connectivity index (χ4v) is 5.35. The van der Waals surface area contributed by atoms with Crippen molar-refractivity contribution in [2.75, 3.05) is 19.6 Å². The second-order valence-electron chi connectivity index (χ2n) is 10.1. The molecule has 1 aromatic carbocycles. The largest absolute Gasteiger partial charge is 0.481 e. The number of thiazole rings is 1. The van der Waals surface area contributed by atoms with E-state index in [0.29, 0.717) is 6.42 Å². The number of nitrogens with zero attached hydrogens (tertiary/aromatic N) is 2. The first-order valence-corrected chi connectivity index (χ1v) is 14.1. The van der Waals surface area contributed by atoms with Crippen molar-refractivity contribution in [2.24, 2.45) is 0 Å². The molecular weight excluding hydrogens is 538 g/mol. The second-order valence-corrected chi connectivity index (χ2v) is 11.3. The van der Waals surface area contributed by atoms with Crippen molar-refractivity contribution in [1.82, 2.24) is 15.2 Å². The van der Waals surface area contributed by atoms with Gasteiger partial charge in [0.15, 0.2) is 5.60 Å². The summed E-state index contributed by atoms with van der Waals surface area (Å²) >= 11 is 1.63. The molecule has 0 aliphatic carbocycles. The molecule has 12 heteroatoms. The van der Waals surface area contributed by atoms with E-state index in [9.17, 15) is 19.2 Å². The van der Waals surface area contributed by atoms with Gasteiger partial charge in [-0.05, 0) is 46.2 Å². The Morgan fingerprint density at radius 2 is 1.57 bits per heavy atom. The highest BCUT2D eigenvalue weighted by Gasteiger charge is 2.40. The standard InChI is InChI=1S/C22H31N3OS.C6H8O7/c1-4-19(15-25-12-6-5-7-13-25)24-21(26)14-20-22(23-17(3)27-20)18-10-8-16(2)9-11-18;7-3(8)1-6(13,5(11)12)2-4(9)10/h8-11,19H,4-7,12-15H2,1-3H3,(H,24,26);13H,1-2H2,(H,7,8)(H,9,10)(H,11,12). The predicted molar refractivity (Wildman–Crippen MR) is 150 cm³/mol. The molecule has 1 unspecified atom stereocenters. The number of piperidine rings is 1. The van der Waals surface area contributed by atoms with Gasteiger partial charge < -0.3 is 30.6 Å². The molecule has 0 saturated carbocycles. The van der Waals surface area contributed by atoms with E-state index in [1.54, 1.807) is 11.3 Å². The molecule has 0 spiro atoms. The van der Waals surface area contributed by atoms with Crippen molar-refractivity contribution in [3.05, 3.63) is 39.7 Å². The molecule has 1 aliphatic rings. The lowest BCUT2D eigenvalue weighted by Gasteiger charge is -2.30. The van der Waals surface area contributed by atoms with Gasteiger partial charge in [0.2, 0.25) is 5.91 Å². The Balaban J connectivity index is 0.000000366. The van der Waals surface area contributed by atoms with E-state index in [2.05, 4.69) is 53.3 Å². The number of carboxylic acids is 3. The lowest BCUT2D eigenvalue weighted by atomic mass is 9.96. The van der Waals surface area contributed by atoms with Crippen molar-refractivity contribution in [3.63, 3.8) is 0 Å². The molecule has 1 fully saturated rings. The van der Waals surface area contributed by atoms with Crippen LogP contribution in [0, 0.1) is 13.8 Å². The van der Waals surface area contributed by atoms with E-state index >= 15 is 0 Å². The first-order valence-electron chi connectivity index (χ1n) is 13.3. The molecule has 1 atom stereocenters. The summed E-state index contributed by atoms with van der Waals surface area (Å²) in [7, 11) is 0. The van der Waals surface area contributed by atoms with Crippen molar-refractivity contribution >= 4 is 35.2 Å². The molecule has 0 bridgehead atoms. The molecule has 11 nitrogen and oxygen atoms in total. The van der Waals surface area contributed by atoms with Crippen LogP contribution in [-0.2, 0) is 25.6 Å². The van der Waals surface area contributed by atoms with Crippen LogP contribution in [0.3, 0.4) is 0 Å². The normalized spacial score (nSPS) is 14.5. The Morgan fingerprint density at radius 3 is 2.08 bits per heavy atom. The Labute approximate surface area is 237 Å². The van der Waals surface area contributed by atoms with Crippen LogP contribution in [0.4, 0.5) is 0 Å². The number of hydrogen-bond donors (Lipinski definition) is 5. The Hall–Kier alpha value is -3.35. The molecule has 1 aliphatic heterocycles. The number of carbonyl (C=O) groups excluding carboxylic acids is 1. The summed E-state index contributed by atoms with van der Waals surface area (Å²) in [5.41, 5.74) is 0.538. The monoisotopic (exact) mass is 577 g/mol. The molecule has 5 N–H and O–H groups in total. The summed E-state index contributed by atoms with van der Waals surface area (Å²) in [5.74, 6) is -4.91. The minimum Gasteiger partial charge on any atom is -0.481 e. The van der Waals surface area contributed by atoms with Crippen molar-refractivity contribution in [2.45, 2.75) is 77.4 Å². The average Bonchev–Trinajstić information content (AvgIpc) is 3.23. The van der Waals surface area contributed by atoms with E-state index in [0.717, 1.165) is 47.2 Å². The third-order valence-corrected chi connectivity index (χ3v) is 7.49. The summed E-state index contributed by atoms with van der Waals surface area (Å²) in [5, 5.41) is 38.1. The van der Waals surface area contributed by atoms with Crippen LogP contribution in [-0.4, -0.2) is 85.4 Å². The van der Waals surface area contributed by atoms with Crippen molar-refractivity contribution < 1.29 is 39.6 Å². The molecule has 40 heavy (non-hydrogen) atoms. The topological polar surface area (TPSA) is 177 Å². The number of amides is 1. The van der Waals surface area contributed by atoms with Crippen LogP contribution in [0.5, 0.6) is 0 Å². The highest BCUT2D eigenvalue weighted by Crippen LogP contribution is 2.29. The lowest BCUT2D eigenvalue weighted by Crippen LogP contribution is -2.45. The van der Waals surface area contributed by atoms with Gasteiger partial charge in [-0.1, -0.05) is 43.2 Å². The first kappa shape index (κ1) is 32.9. The lowest BCUT2D eigenvalue weighted by molar-refractivity contribution is -0.170. The number of nitrogens with one attached hydrogen (secondary N) is 1. The first-order chi connectivity index (χ1) is 18.8. The van der Waals surface area contributed by atoms with Gasteiger partial charge in [0.05, 0.1) is 30.0 Å². The number of aryl methyl sites for hydroxylation is 2. The summed E-state index contributed by atoms with van der Waals surface area (Å²) in [6.07, 6.45) is 2.99. The maximum absolute atomic E-state index is 12.7. The van der Waals surface area contributed by atoms with Crippen LogP contribution in [0.15, 0.2) is 24.3 Å². The highest BCUT2D eigenvalue weighted by atomic mass is 32.1. The Morgan fingerprint density at radius 1 is 1.00 bits per heavy atom. The van der Waals surface area contributed by atoms with Crippen LogP contribution in [0.1, 0.15) is 60.9 Å². The summed E-state index contributed by atoms with van der Waals surface area (Å²) in [6.45, 7) is 9.54. The van der Waals surface area contributed by atoms with Crippen LogP contribution in [0.25, 0.3) is 11.3 Å². The number of carbonyl (C=O) groups is 4. The van der Waals surface area contributed by atoms with Crippen LogP contribution < -0.4 is 5.32 Å². The fraction of sp³-hybridized carbons (Fsp3) is 0.536. The van der Waals surface area contributed by atoms with Gasteiger partial charge in [0.1, 0.15) is 0 Å². The van der Waals surface area contributed by atoms with Gasteiger partial charge in [-0.15, -0.1) is 11.3 Å². The highest BCUT2D eigenvalue weighted by molar-refractivity contribution is 7.12.